The van der Waals surface area contributed by atoms with E-state index < -0.39 is 5.92 Å². The maximum absolute atomic E-state index is 13.4. The zero-order valence-electron chi connectivity index (χ0n) is 18.3. The monoisotopic (exact) mass is 408 g/mol. The molecule has 0 saturated heterocycles. The standard InChI is InChI=1S/C25H32N2O3/c1-16-22(25(29)30-19-8-5-4-6-9-19)23(17-12-14-18(15-13-17)27(2)3)24-20(26-16)10-7-11-21(24)28/h12-15,19,22-23H,4-11H2,1-3H3/t22?,23-/m1/s1. The van der Waals surface area contributed by atoms with Gasteiger partial charge in [0.1, 0.15) is 12.0 Å². The van der Waals surface area contributed by atoms with Crippen molar-refractivity contribution in [2.24, 2.45) is 10.9 Å². The van der Waals surface area contributed by atoms with E-state index in [1.807, 2.05) is 50.2 Å². The second-order valence-corrected chi connectivity index (χ2v) is 9.03. The van der Waals surface area contributed by atoms with Crippen LogP contribution in [0.3, 0.4) is 0 Å². The third-order valence-electron chi connectivity index (χ3n) is 6.69. The first-order chi connectivity index (χ1) is 14.5. The Morgan fingerprint density at radius 3 is 2.40 bits per heavy atom. The molecule has 160 valence electrons. The van der Waals surface area contributed by atoms with Crippen molar-refractivity contribution >= 4 is 23.2 Å². The van der Waals surface area contributed by atoms with E-state index in [1.54, 1.807) is 0 Å². The summed E-state index contributed by atoms with van der Waals surface area (Å²) in [6, 6.07) is 8.19. The van der Waals surface area contributed by atoms with Crippen molar-refractivity contribution in [3.8, 4) is 0 Å². The van der Waals surface area contributed by atoms with Crippen LogP contribution in [0.2, 0.25) is 0 Å². The van der Waals surface area contributed by atoms with Crippen LogP contribution in [0.4, 0.5) is 5.69 Å². The molecule has 3 aliphatic rings. The Bertz CT molecular complexity index is 876. The van der Waals surface area contributed by atoms with Crippen LogP contribution < -0.4 is 4.90 Å². The summed E-state index contributed by atoms with van der Waals surface area (Å²) in [6.07, 6.45) is 7.46. The normalized spacial score (nSPS) is 24.9. The average Bonchev–Trinajstić information content (AvgIpc) is 2.73. The number of nitrogens with zero attached hydrogens (tertiary/aromatic N) is 2. The summed E-state index contributed by atoms with van der Waals surface area (Å²) in [5.41, 5.74) is 4.45. The van der Waals surface area contributed by atoms with Gasteiger partial charge in [-0.1, -0.05) is 18.6 Å². The summed E-state index contributed by atoms with van der Waals surface area (Å²) < 4.78 is 5.97. The summed E-state index contributed by atoms with van der Waals surface area (Å²) in [5, 5.41) is 0. The number of hydrogen-bond acceptors (Lipinski definition) is 5. The molecule has 0 radical (unpaired) electrons. The summed E-state index contributed by atoms with van der Waals surface area (Å²) >= 11 is 0. The van der Waals surface area contributed by atoms with Crippen LogP contribution in [0.5, 0.6) is 0 Å². The second-order valence-electron chi connectivity index (χ2n) is 9.03. The van der Waals surface area contributed by atoms with E-state index >= 15 is 0 Å². The van der Waals surface area contributed by atoms with Crippen LogP contribution in [0, 0.1) is 5.92 Å². The lowest BCUT2D eigenvalue weighted by molar-refractivity contribution is -0.153. The van der Waals surface area contributed by atoms with Crippen LogP contribution in [-0.2, 0) is 14.3 Å². The molecule has 1 saturated carbocycles. The van der Waals surface area contributed by atoms with E-state index in [0.29, 0.717) is 6.42 Å². The van der Waals surface area contributed by atoms with Gasteiger partial charge in [-0.3, -0.25) is 14.6 Å². The molecule has 1 heterocycles. The Morgan fingerprint density at radius 1 is 1.03 bits per heavy atom. The number of ketones is 1. The maximum atomic E-state index is 13.4. The van der Waals surface area contributed by atoms with E-state index in [4.69, 9.17) is 9.73 Å². The Morgan fingerprint density at radius 2 is 1.73 bits per heavy atom. The summed E-state index contributed by atoms with van der Waals surface area (Å²) in [4.78, 5) is 33.1. The minimum absolute atomic E-state index is 0.00625. The molecule has 5 nitrogen and oxygen atoms in total. The number of Topliss-reactive ketones (excluding diaryl/α,β-unsaturated/α-hetero) is 1. The topological polar surface area (TPSA) is 59.0 Å². The van der Waals surface area contributed by atoms with Crippen molar-refractivity contribution in [2.45, 2.75) is 70.3 Å². The van der Waals surface area contributed by atoms with Gasteiger partial charge in [-0.05, 0) is 63.1 Å². The Kier molecular flexibility index (Phi) is 6.07. The molecule has 2 atom stereocenters. The van der Waals surface area contributed by atoms with Gasteiger partial charge in [-0.25, -0.2) is 0 Å². The first kappa shape index (κ1) is 20.8. The Balaban J connectivity index is 1.71. The molecule has 1 aliphatic heterocycles. The number of hydrogen-bond donors (Lipinski definition) is 0. The fourth-order valence-electron chi connectivity index (χ4n) is 5.07. The lowest BCUT2D eigenvalue weighted by Crippen LogP contribution is -2.38. The fraction of sp³-hybridized carbons (Fsp3) is 0.560. The van der Waals surface area contributed by atoms with E-state index in [-0.39, 0.29) is 23.8 Å². The molecular weight excluding hydrogens is 376 g/mol. The zero-order valence-corrected chi connectivity index (χ0v) is 18.3. The van der Waals surface area contributed by atoms with Gasteiger partial charge in [0.25, 0.3) is 0 Å². The first-order valence-corrected chi connectivity index (χ1v) is 11.2. The molecule has 0 bridgehead atoms. The largest absolute Gasteiger partial charge is 0.462 e. The SMILES string of the molecule is CC1=NC2=C(C(=O)CCC2)[C@H](c2ccc(N(C)C)cc2)C1C(=O)OC1CCCCC1. The smallest absolute Gasteiger partial charge is 0.315 e. The molecule has 5 heteroatoms. The predicted molar refractivity (Wildman–Crippen MR) is 119 cm³/mol. The Hall–Kier alpha value is -2.43. The number of benzene rings is 1. The van der Waals surface area contributed by atoms with Crippen molar-refractivity contribution in [1.29, 1.82) is 0 Å². The molecular formula is C25H32N2O3. The summed E-state index contributed by atoms with van der Waals surface area (Å²) in [5.74, 6) is -0.935. The van der Waals surface area contributed by atoms with E-state index in [2.05, 4.69) is 0 Å². The molecule has 0 N–H and O–H groups in total. The van der Waals surface area contributed by atoms with E-state index in [1.165, 1.54) is 6.42 Å². The van der Waals surface area contributed by atoms with Gasteiger partial charge < -0.3 is 9.64 Å². The minimum atomic E-state index is -0.530. The molecule has 0 spiro atoms. The number of allylic oxidation sites excluding steroid dienone is 2. The molecule has 1 aromatic rings. The average molecular weight is 409 g/mol. The number of carbonyl (C=O) groups excluding carboxylic acids is 2. The number of rotatable bonds is 4. The zero-order chi connectivity index (χ0) is 21.3. The van der Waals surface area contributed by atoms with Crippen LogP contribution >= 0.6 is 0 Å². The Labute approximate surface area is 179 Å². The van der Waals surface area contributed by atoms with Gasteiger partial charge in [0.05, 0.1) is 0 Å². The van der Waals surface area contributed by atoms with Crippen molar-refractivity contribution in [1.82, 2.24) is 0 Å². The highest BCUT2D eigenvalue weighted by atomic mass is 16.5. The van der Waals surface area contributed by atoms with Crippen LogP contribution in [0.25, 0.3) is 0 Å². The molecule has 30 heavy (non-hydrogen) atoms. The second kappa shape index (κ2) is 8.75. The first-order valence-electron chi connectivity index (χ1n) is 11.2. The molecule has 4 rings (SSSR count). The fourth-order valence-corrected chi connectivity index (χ4v) is 5.07. The molecule has 2 aliphatic carbocycles. The van der Waals surface area contributed by atoms with Crippen LogP contribution in [-0.4, -0.2) is 37.7 Å². The molecule has 0 aromatic heterocycles. The number of aliphatic imine (C=N–C) groups is 1. The number of esters is 1. The lowest BCUT2D eigenvalue weighted by Gasteiger charge is -2.35. The minimum Gasteiger partial charge on any atom is -0.462 e. The third-order valence-corrected chi connectivity index (χ3v) is 6.69. The van der Waals surface area contributed by atoms with Gasteiger partial charge in [-0.2, -0.15) is 0 Å². The number of carbonyl (C=O) groups is 2. The van der Waals surface area contributed by atoms with Crippen molar-refractivity contribution < 1.29 is 14.3 Å². The number of ether oxygens (including phenoxy) is 1. The quantitative estimate of drug-likeness (QED) is 0.671. The van der Waals surface area contributed by atoms with Crippen LogP contribution in [0.1, 0.15) is 69.8 Å². The molecule has 0 amide bonds. The van der Waals surface area contributed by atoms with Gasteiger partial charge in [0, 0.05) is 49.1 Å². The predicted octanol–water partition coefficient (Wildman–Crippen LogP) is 4.81. The highest BCUT2D eigenvalue weighted by Crippen LogP contribution is 2.44. The van der Waals surface area contributed by atoms with Gasteiger partial charge >= 0.3 is 5.97 Å². The number of anilines is 1. The van der Waals surface area contributed by atoms with Gasteiger partial charge in [-0.15, -0.1) is 0 Å². The highest BCUT2D eigenvalue weighted by molar-refractivity contribution is 6.08. The van der Waals surface area contributed by atoms with Gasteiger partial charge in [0.2, 0.25) is 0 Å². The van der Waals surface area contributed by atoms with E-state index in [0.717, 1.165) is 66.8 Å². The van der Waals surface area contributed by atoms with Crippen molar-refractivity contribution in [2.75, 3.05) is 19.0 Å². The van der Waals surface area contributed by atoms with E-state index in [9.17, 15) is 9.59 Å². The third kappa shape index (κ3) is 4.07. The summed E-state index contributed by atoms with van der Waals surface area (Å²) in [6.45, 7) is 1.91. The lowest BCUT2D eigenvalue weighted by atomic mass is 9.71. The van der Waals surface area contributed by atoms with Crippen molar-refractivity contribution in [3.05, 3.63) is 41.1 Å². The molecule has 1 fully saturated rings. The van der Waals surface area contributed by atoms with Crippen LogP contribution in [0.15, 0.2) is 40.5 Å². The highest BCUT2D eigenvalue weighted by Gasteiger charge is 2.43. The molecule has 1 unspecified atom stereocenters. The van der Waals surface area contributed by atoms with Crippen molar-refractivity contribution in [3.63, 3.8) is 0 Å². The summed E-state index contributed by atoms with van der Waals surface area (Å²) in [7, 11) is 4.00. The van der Waals surface area contributed by atoms with Gasteiger partial charge in [0.15, 0.2) is 5.78 Å². The molecule has 1 aromatic carbocycles. The maximum Gasteiger partial charge on any atom is 0.315 e.